The van der Waals surface area contributed by atoms with Crippen LogP contribution in [-0.4, -0.2) is 27.4 Å². The van der Waals surface area contributed by atoms with E-state index in [9.17, 15) is 27.2 Å². The van der Waals surface area contributed by atoms with Crippen LogP contribution in [0.1, 0.15) is 29.8 Å². The van der Waals surface area contributed by atoms with Crippen molar-refractivity contribution in [3.63, 3.8) is 0 Å². The summed E-state index contributed by atoms with van der Waals surface area (Å²) < 4.78 is 55.2. The lowest BCUT2D eigenvalue weighted by Gasteiger charge is -2.19. The van der Waals surface area contributed by atoms with Crippen LogP contribution in [0.2, 0.25) is 0 Å². The number of alkyl halides is 4. The summed E-state index contributed by atoms with van der Waals surface area (Å²) in [6, 6.07) is 12.6. The first-order valence-corrected chi connectivity index (χ1v) is 10.8. The van der Waals surface area contributed by atoms with Gasteiger partial charge in [-0.25, -0.2) is 4.39 Å². The number of Topliss-reactive ketones (excluding diaryl/α,β-unsaturated/α-hetero) is 1. The minimum absolute atomic E-state index is 0.0652. The number of carbonyl (C=O) groups is 2. The lowest BCUT2D eigenvalue weighted by atomic mass is 10.0. The van der Waals surface area contributed by atoms with E-state index in [1.165, 1.54) is 32.2 Å². The smallest absolute Gasteiger partial charge is 0.404 e. The minimum Gasteiger partial charge on any atom is -0.404 e. The van der Waals surface area contributed by atoms with Gasteiger partial charge in [0.2, 0.25) is 5.91 Å². The van der Waals surface area contributed by atoms with Crippen molar-refractivity contribution in [3.05, 3.63) is 77.7 Å². The zero-order valence-electron chi connectivity index (χ0n) is 18.0. The summed E-state index contributed by atoms with van der Waals surface area (Å²) in [5.41, 5.74) is 0.998. The molecule has 0 aliphatic heterocycles. The molecule has 178 valence electrons. The van der Waals surface area contributed by atoms with Gasteiger partial charge in [0.1, 0.15) is 5.82 Å². The molecule has 0 bridgehead atoms. The Morgan fingerprint density at radius 1 is 1.06 bits per heavy atom. The normalized spacial score (nSPS) is 11.7. The molecule has 0 saturated carbocycles. The molecule has 1 heterocycles. The number of aromatic nitrogens is 1. The van der Waals surface area contributed by atoms with Crippen LogP contribution in [0.25, 0.3) is 11.3 Å². The van der Waals surface area contributed by atoms with Gasteiger partial charge in [-0.1, -0.05) is 34.1 Å². The topological polar surface area (TPSA) is 68.3 Å². The summed E-state index contributed by atoms with van der Waals surface area (Å²) in [5, 5.41) is 2.35. The lowest BCUT2D eigenvalue weighted by molar-refractivity contribution is -0.274. The van der Waals surface area contributed by atoms with E-state index in [1.807, 2.05) is 0 Å². The third kappa shape index (κ3) is 6.63. The standard InChI is InChI=1S/C24H19BrF4N2O3/c1-23(2,25)22(33)31-19-12-15(8-10-21(19)34-24(27,28)29)20(32)11-14-7-9-18(30-13-14)16-5-3-4-6-17(16)26/h3-10,12-13H,11H2,1-2H3,(H,31,33). The molecule has 1 amide bonds. The summed E-state index contributed by atoms with van der Waals surface area (Å²) >= 11 is 3.13. The molecule has 5 nitrogen and oxygen atoms in total. The molecule has 0 aliphatic carbocycles. The molecule has 3 rings (SSSR count). The van der Waals surface area contributed by atoms with Crippen molar-refractivity contribution in [2.75, 3.05) is 5.32 Å². The monoisotopic (exact) mass is 538 g/mol. The molecule has 34 heavy (non-hydrogen) atoms. The third-order valence-electron chi connectivity index (χ3n) is 4.65. The molecule has 0 fully saturated rings. The molecule has 0 saturated heterocycles. The number of hydrogen-bond acceptors (Lipinski definition) is 4. The van der Waals surface area contributed by atoms with Crippen LogP contribution in [0.4, 0.5) is 23.2 Å². The molecule has 2 aromatic carbocycles. The molecule has 10 heteroatoms. The number of nitrogens with one attached hydrogen (secondary N) is 1. The fraction of sp³-hybridized carbons (Fsp3) is 0.208. The minimum atomic E-state index is -4.99. The van der Waals surface area contributed by atoms with E-state index in [0.29, 0.717) is 16.8 Å². The van der Waals surface area contributed by atoms with Gasteiger partial charge >= 0.3 is 6.36 Å². The molecule has 0 unspecified atom stereocenters. The highest BCUT2D eigenvalue weighted by molar-refractivity contribution is 9.10. The molecule has 0 radical (unpaired) electrons. The maximum Gasteiger partial charge on any atom is 0.573 e. The number of amides is 1. The molecule has 3 aromatic rings. The summed E-state index contributed by atoms with van der Waals surface area (Å²) in [6.45, 7) is 3.03. The average molecular weight is 539 g/mol. The number of nitrogens with zero attached hydrogens (tertiary/aromatic N) is 1. The fourth-order valence-electron chi connectivity index (χ4n) is 2.93. The van der Waals surface area contributed by atoms with Gasteiger partial charge in [0.15, 0.2) is 11.5 Å². The van der Waals surface area contributed by atoms with Crippen molar-refractivity contribution in [1.82, 2.24) is 4.98 Å². The van der Waals surface area contributed by atoms with Gasteiger partial charge in [-0.2, -0.15) is 0 Å². The molecule has 0 spiro atoms. The zero-order valence-corrected chi connectivity index (χ0v) is 19.6. The van der Waals surface area contributed by atoms with Gasteiger partial charge in [0, 0.05) is 23.7 Å². The first-order valence-electron chi connectivity index (χ1n) is 9.97. The van der Waals surface area contributed by atoms with E-state index in [4.69, 9.17) is 0 Å². The number of hydrogen-bond donors (Lipinski definition) is 1. The second-order valence-corrected chi connectivity index (χ2v) is 9.80. The Labute approximate surface area is 201 Å². The maximum absolute atomic E-state index is 13.9. The summed E-state index contributed by atoms with van der Waals surface area (Å²) in [4.78, 5) is 29.3. The molecular formula is C24H19BrF4N2O3. The van der Waals surface area contributed by atoms with Gasteiger partial charge in [-0.05, 0) is 55.8 Å². The number of carbonyl (C=O) groups excluding carboxylic acids is 2. The van der Waals surface area contributed by atoms with E-state index < -0.39 is 33.9 Å². The Balaban J connectivity index is 1.83. The molecule has 1 N–H and O–H groups in total. The number of ether oxygens (including phenoxy) is 1. The summed E-state index contributed by atoms with van der Waals surface area (Å²) in [6.07, 6.45) is -3.67. The first kappa shape index (κ1) is 25.4. The quantitative estimate of drug-likeness (QED) is 0.217. The zero-order chi connectivity index (χ0) is 25.1. The van der Waals surface area contributed by atoms with Crippen molar-refractivity contribution in [2.24, 2.45) is 0 Å². The van der Waals surface area contributed by atoms with E-state index >= 15 is 0 Å². The van der Waals surface area contributed by atoms with Gasteiger partial charge in [0.05, 0.1) is 15.7 Å². The maximum atomic E-state index is 13.9. The first-order chi connectivity index (χ1) is 15.8. The van der Waals surface area contributed by atoms with Gasteiger partial charge in [-0.3, -0.25) is 14.6 Å². The van der Waals surface area contributed by atoms with Gasteiger partial charge in [0.25, 0.3) is 0 Å². The SMILES string of the molecule is CC(C)(Br)C(=O)Nc1cc(C(=O)Cc2ccc(-c3ccccc3F)nc2)ccc1OC(F)(F)F. The van der Waals surface area contributed by atoms with E-state index in [0.717, 1.165) is 12.1 Å². The van der Waals surface area contributed by atoms with E-state index in [1.54, 1.807) is 30.3 Å². The second-order valence-electron chi connectivity index (χ2n) is 7.82. The number of pyridine rings is 1. The highest BCUT2D eigenvalue weighted by Gasteiger charge is 2.33. The largest absolute Gasteiger partial charge is 0.573 e. The number of halogens is 5. The third-order valence-corrected chi connectivity index (χ3v) is 5.01. The van der Waals surface area contributed by atoms with Crippen molar-refractivity contribution in [2.45, 2.75) is 31.0 Å². The van der Waals surface area contributed by atoms with Crippen molar-refractivity contribution < 1.29 is 31.9 Å². The van der Waals surface area contributed by atoms with Crippen LogP contribution in [0.3, 0.4) is 0 Å². The van der Waals surface area contributed by atoms with Crippen LogP contribution >= 0.6 is 15.9 Å². The Kier molecular flexibility index (Phi) is 7.40. The van der Waals surface area contributed by atoms with Crippen LogP contribution in [0.15, 0.2) is 60.8 Å². The highest BCUT2D eigenvalue weighted by Crippen LogP contribution is 2.33. The number of anilines is 1. The van der Waals surface area contributed by atoms with Gasteiger partial charge < -0.3 is 10.1 Å². The molecule has 1 aromatic heterocycles. The lowest BCUT2D eigenvalue weighted by Crippen LogP contribution is -2.31. The fourth-order valence-corrected chi connectivity index (χ4v) is 3.03. The van der Waals surface area contributed by atoms with Crippen LogP contribution < -0.4 is 10.1 Å². The average Bonchev–Trinajstić information content (AvgIpc) is 2.74. The van der Waals surface area contributed by atoms with E-state index in [-0.39, 0.29) is 17.7 Å². The van der Waals surface area contributed by atoms with Crippen LogP contribution in [-0.2, 0) is 11.2 Å². The predicted molar refractivity (Wildman–Crippen MR) is 122 cm³/mol. The summed E-state index contributed by atoms with van der Waals surface area (Å²) in [7, 11) is 0. The van der Waals surface area contributed by atoms with Crippen LogP contribution in [0, 0.1) is 5.82 Å². The second kappa shape index (κ2) is 9.92. The molecule has 0 atom stereocenters. The van der Waals surface area contributed by atoms with Crippen molar-refractivity contribution in [3.8, 4) is 17.0 Å². The van der Waals surface area contributed by atoms with Gasteiger partial charge in [-0.15, -0.1) is 13.2 Å². The number of benzene rings is 2. The Morgan fingerprint density at radius 3 is 2.35 bits per heavy atom. The molecule has 0 aliphatic rings. The Hall–Kier alpha value is -3.27. The van der Waals surface area contributed by atoms with E-state index in [2.05, 4.69) is 31.0 Å². The molecular weight excluding hydrogens is 520 g/mol. The van der Waals surface area contributed by atoms with Crippen molar-refractivity contribution in [1.29, 1.82) is 0 Å². The Bertz CT molecular complexity index is 1210. The van der Waals surface area contributed by atoms with Crippen LogP contribution in [0.5, 0.6) is 5.75 Å². The predicted octanol–water partition coefficient (Wildman–Crippen LogP) is 6.32. The van der Waals surface area contributed by atoms with Crippen molar-refractivity contribution >= 4 is 33.3 Å². The number of rotatable bonds is 7. The Morgan fingerprint density at radius 2 is 1.76 bits per heavy atom. The number of ketones is 1. The highest BCUT2D eigenvalue weighted by atomic mass is 79.9. The summed E-state index contributed by atoms with van der Waals surface area (Å²) in [5.74, 6) is -2.13.